The third-order valence-corrected chi connectivity index (χ3v) is 3.22. The first kappa shape index (κ1) is 11.7. The minimum Gasteiger partial charge on any atom is -0.368 e. The van der Waals surface area contributed by atoms with Crippen molar-refractivity contribution in [1.82, 2.24) is 4.98 Å². The molecule has 1 saturated heterocycles. The van der Waals surface area contributed by atoms with Gasteiger partial charge in [0.2, 0.25) is 5.91 Å². The average Bonchev–Trinajstić information content (AvgIpc) is 2.78. The smallest absolute Gasteiger partial charge is 0.240 e. The molecular weight excluding hydrogens is 240 g/mol. The summed E-state index contributed by atoms with van der Waals surface area (Å²) in [5, 5.41) is 9.17. The Morgan fingerprint density at radius 2 is 2.47 bits per heavy atom. The predicted molar refractivity (Wildman–Crippen MR) is 63.5 cm³/mol. The van der Waals surface area contributed by atoms with Crippen LogP contribution in [0, 0.1) is 11.3 Å². The maximum absolute atomic E-state index is 11.3. The minimum absolute atomic E-state index is 0.281. The van der Waals surface area contributed by atoms with Gasteiger partial charge in [-0.05, 0) is 18.9 Å². The number of nitrogens with zero attached hydrogens (tertiary/aromatic N) is 3. The highest BCUT2D eigenvalue weighted by Crippen LogP contribution is 2.31. The van der Waals surface area contributed by atoms with Crippen LogP contribution in [0.25, 0.3) is 0 Å². The number of primary amides is 1. The van der Waals surface area contributed by atoms with Gasteiger partial charge >= 0.3 is 0 Å². The van der Waals surface area contributed by atoms with Crippen molar-refractivity contribution in [2.75, 3.05) is 11.4 Å². The van der Waals surface area contributed by atoms with Crippen molar-refractivity contribution >= 4 is 23.3 Å². The fourth-order valence-electron chi connectivity index (χ4n) is 2.04. The number of hydrogen-bond donors (Lipinski definition) is 1. The van der Waals surface area contributed by atoms with E-state index in [-0.39, 0.29) is 17.0 Å². The first-order valence-corrected chi connectivity index (χ1v) is 5.63. The summed E-state index contributed by atoms with van der Waals surface area (Å²) in [7, 11) is 0. The van der Waals surface area contributed by atoms with Crippen molar-refractivity contribution in [1.29, 1.82) is 5.26 Å². The van der Waals surface area contributed by atoms with Crippen molar-refractivity contribution in [3.05, 3.63) is 22.8 Å². The Bertz CT molecular complexity index is 497. The van der Waals surface area contributed by atoms with Crippen LogP contribution in [0.5, 0.6) is 0 Å². The Morgan fingerprint density at radius 3 is 3.12 bits per heavy atom. The zero-order chi connectivity index (χ0) is 12.4. The van der Waals surface area contributed by atoms with Gasteiger partial charge < -0.3 is 10.6 Å². The van der Waals surface area contributed by atoms with Crippen LogP contribution in [0.4, 0.5) is 5.82 Å². The molecule has 1 aromatic heterocycles. The Balaban J connectivity index is 2.41. The molecule has 1 fully saturated rings. The molecule has 1 aliphatic heterocycles. The topological polar surface area (TPSA) is 83.0 Å². The minimum atomic E-state index is -0.386. The lowest BCUT2D eigenvalue weighted by atomic mass is 10.2. The van der Waals surface area contributed by atoms with Crippen LogP contribution in [0.15, 0.2) is 12.3 Å². The Labute approximate surface area is 104 Å². The molecular formula is C11H11ClN4O. The zero-order valence-corrected chi connectivity index (χ0v) is 9.81. The number of carbonyl (C=O) groups is 1. The average molecular weight is 251 g/mol. The first-order chi connectivity index (χ1) is 8.15. The predicted octanol–water partition coefficient (Wildman–Crippen LogP) is 1.06. The lowest BCUT2D eigenvalue weighted by molar-refractivity contribution is -0.119. The summed E-state index contributed by atoms with van der Waals surface area (Å²) in [6, 6.07) is 3.15. The normalized spacial score (nSPS) is 19.1. The molecule has 1 aromatic rings. The SMILES string of the molecule is N#Cc1ccnc(N2CCCC2C(N)=O)c1Cl. The molecule has 88 valence electrons. The van der Waals surface area contributed by atoms with E-state index in [1.165, 1.54) is 6.20 Å². The summed E-state index contributed by atoms with van der Waals surface area (Å²) in [4.78, 5) is 17.2. The maximum Gasteiger partial charge on any atom is 0.240 e. The molecule has 2 N–H and O–H groups in total. The largest absolute Gasteiger partial charge is 0.368 e. The highest BCUT2D eigenvalue weighted by atomic mass is 35.5. The van der Waals surface area contributed by atoms with E-state index < -0.39 is 0 Å². The molecule has 2 rings (SSSR count). The molecule has 6 heteroatoms. The molecule has 5 nitrogen and oxygen atoms in total. The van der Waals surface area contributed by atoms with Crippen LogP contribution in [-0.4, -0.2) is 23.5 Å². The Morgan fingerprint density at radius 1 is 1.71 bits per heavy atom. The second-order valence-corrected chi connectivity index (χ2v) is 4.24. The Kier molecular flexibility index (Phi) is 3.16. The van der Waals surface area contributed by atoms with Gasteiger partial charge in [-0.15, -0.1) is 0 Å². The summed E-state index contributed by atoms with van der Waals surface area (Å²) in [5.41, 5.74) is 5.68. The van der Waals surface area contributed by atoms with Gasteiger partial charge in [0.1, 0.15) is 23.0 Å². The number of hydrogen-bond acceptors (Lipinski definition) is 4. The van der Waals surface area contributed by atoms with Gasteiger partial charge in [-0.3, -0.25) is 4.79 Å². The molecule has 0 radical (unpaired) electrons. The molecule has 0 bridgehead atoms. The summed E-state index contributed by atoms with van der Waals surface area (Å²) >= 11 is 6.08. The van der Waals surface area contributed by atoms with E-state index in [0.717, 1.165) is 6.42 Å². The number of nitriles is 1. The van der Waals surface area contributed by atoms with Crippen LogP contribution in [-0.2, 0) is 4.79 Å². The molecule has 1 atom stereocenters. The van der Waals surface area contributed by atoms with Gasteiger partial charge in [0.05, 0.1) is 5.56 Å². The van der Waals surface area contributed by atoms with E-state index >= 15 is 0 Å². The summed E-state index contributed by atoms with van der Waals surface area (Å²) in [6.07, 6.45) is 3.07. The van der Waals surface area contributed by atoms with Crippen LogP contribution in [0.3, 0.4) is 0 Å². The van der Waals surface area contributed by atoms with Crippen LogP contribution < -0.4 is 10.6 Å². The first-order valence-electron chi connectivity index (χ1n) is 5.25. The summed E-state index contributed by atoms with van der Waals surface area (Å²) in [5.74, 6) is 0.0785. The van der Waals surface area contributed by atoms with Crippen LogP contribution in [0.2, 0.25) is 5.02 Å². The molecule has 1 unspecified atom stereocenters. The Hall–Kier alpha value is -1.80. The number of amides is 1. The highest BCUT2D eigenvalue weighted by Gasteiger charge is 2.31. The molecule has 0 saturated carbocycles. The van der Waals surface area contributed by atoms with Crippen molar-refractivity contribution in [2.45, 2.75) is 18.9 Å². The van der Waals surface area contributed by atoms with Crippen molar-refractivity contribution in [2.24, 2.45) is 5.73 Å². The number of pyridine rings is 1. The molecule has 1 amide bonds. The molecule has 0 spiro atoms. The van der Waals surface area contributed by atoms with E-state index in [4.69, 9.17) is 22.6 Å². The van der Waals surface area contributed by atoms with Gasteiger partial charge in [-0.1, -0.05) is 11.6 Å². The maximum atomic E-state index is 11.3. The van der Waals surface area contributed by atoms with Crippen LogP contribution >= 0.6 is 11.6 Å². The van der Waals surface area contributed by atoms with Gasteiger partial charge in [0.15, 0.2) is 0 Å². The second kappa shape index (κ2) is 4.60. The van der Waals surface area contributed by atoms with Crippen molar-refractivity contribution in [3.63, 3.8) is 0 Å². The van der Waals surface area contributed by atoms with E-state index in [0.29, 0.717) is 24.3 Å². The third-order valence-electron chi connectivity index (χ3n) is 2.84. The highest BCUT2D eigenvalue weighted by molar-refractivity contribution is 6.34. The number of anilines is 1. The lowest BCUT2D eigenvalue weighted by Crippen LogP contribution is -2.40. The summed E-state index contributed by atoms with van der Waals surface area (Å²) < 4.78 is 0. The quantitative estimate of drug-likeness (QED) is 0.851. The molecule has 2 heterocycles. The van der Waals surface area contributed by atoms with Gasteiger partial charge in [0.25, 0.3) is 0 Å². The molecule has 0 aliphatic carbocycles. The number of aromatic nitrogens is 1. The van der Waals surface area contributed by atoms with E-state index in [2.05, 4.69) is 4.98 Å². The zero-order valence-electron chi connectivity index (χ0n) is 9.06. The monoisotopic (exact) mass is 250 g/mol. The van der Waals surface area contributed by atoms with Gasteiger partial charge in [-0.25, -0.2) is 4.98 Å². The fourth-order valence-corrected chi connectivity index (χ4v) is 2.30. The third kappa shape index (κ3) is 2.04. The number of nitrogens with two attached hydrogens (primary N) is 1. The molecule has 0 aromatic carbocycles. The van der Waals surface area contributed by atoms with Crippen molar-refractivity contribution in [3.8, 4) is 6.07 Å². The lowest BCUT2D eigenvalue weighted by Gasteiger charge is -2.24. The van der Waals surface area contributed by atoms with E-state index in [9.17, 15) is 4.79 Å². The summed E-state index contributed by atoms with van der Waals surface area (Å²) in [6.45, 7) is 0.676. The number of halogens is 1. The van der Waals surface area contributed by atoms with E-state index in [1.54, 1.807) is 11.0 Å². The van der Waals surface area contributed by atoms with Crippen molar-refractivity contribution < 1.29 is 4.79 Å². The van der Waals surface area contributed by atoms with E-state index in [1.807, 2.05) is 6.07 Å². The number of rotatable bonds is 2. The van der Waals surface area contributed by atoms with Gasteiger partial charge in [0, 0.05) is 12.7 Å². The number of carbonyl (C=O) groups excluding carboxylic acids is 1. The molecule has 1 aliphatic rings. The second-order valence-electron chi connectivity index (χ2n) is 3.86. The fraction of sp³-hybridized carbons (Fsp3) is 0.364. The van der Waals surface area contributed by atoms with Gasteiger partial charge in [-0.2, -0.15) is 5.26 Å². The van der Waals surface area contributed by atoms with Crippen LogP contribution in [0.1, 0.15) is 18.4 Å². The standard InChI is InChI=1S/C11H11ClN4O/c12-9-7(6-13)3-4-15-11(9)16-5-1-2-8(16)10(14)17/h3-4,8H,1-2,5H2,(H2,14,17). The molecule has 17 heavy (non-hydrogen) atoms.